The lowest BCUT2D eigenvalue weighted by Crippen LogP contribution is -2.39. The fourth-order valence-corrected chi connectivity index (χ4v) is 2.66. The SMILES string of the molecule is Cc1c(C(=O)N(C)CC(C)(C)CN)cnn1-c1cccc(Cl)c1. The summed E-state index contributed by atoms with van der Waals surface area (Å²) >= 11 is 6.03. The first-order valence-corrected chi connectivity index (χ1v) is 7.89. The van der Waals surface area contributed by atoms with Crippen LogP contribution in [0.2, 0.25) is 5.02 Å². The van der Waals surface area contributed by atoms with E-state index in [-0.39, 0.29) is 11.3 Å². The topological polar surface area (TPSA) is 64.2 Å². The second kappa shape index (κ2) is 6.72. The van der Waals surface area contributed by atoms with Crippen molar-refractivity contribution in [3.63, 3.8) is 0 Å². The Bertz CT molecular complexity index is 708. The first kappa shape index (κ1) is 17.5. The van der Waals surface area contributed by atoms with Gasteiger partial charge in [0, 0.05) is 18.6 Å². The molecule has 0 fully saturated rings. The van der Waals surface area contributed by atoms with Gasteiger partial charge in [0.05, 0.1) is 23.1 Å². The van der Waals surface area contributed by atoms with Crippen LogP contribution in [0, 0.1) is 12.3 Å². The van der Waals surface area contributed by atoms with Crippen molar-refractivity contribution in [3.8, 4) is 5.69 Å². The van der Waals surface area contributed by atoms with Crippen LogP contribution < -0.4 is 5.73 Å². The van der Waals surface area contributed by atoms with Gasteiger partial charge >= 0.3 is 0 Å². The average molecular weight is 335 g/mol. The quantitative estimate of drug-likeness (QED) is 0.914. The first-order chi connectivity index (χ1) is 10.7. The molecule has 6 heteroatoms. The Hall–Kier alpha value is -1.85. The lowest BCUT2D eigenvalue weighted by Gasteiger charge is -2.29. The summed E-state index contributed by atoms with van der Waals surface area (Å²) in [4.78, 5) is 14.4. The Balaban J connectivity index is 2.27. The fourth-order valence-electron chi connectivity index (χ4n) is 2.47. The van der Waals surface area contributed by atoms with Gasteiger partial charge in [0.1, 0.15) is 0 Å². The summed E-state index contributed by atoms with van der Waals surface area (Å²) in [5, 5.41) is 4.96. The van der Waals surface area contributed by atoms with Crippen LogP contribution >= 0.6 is 11.6 Å². The molecule has 5 nitrogen and oxygen atoms in total. The number of carbonyl (C=O) groups excluding carboxylic acids is 1. The molecule has 124 valence electrons. The van der Waals surface area contributed by atoms with Crippen molar-refractivity contribution in [3.05, 3.63) is 46.7 Å². The molecule has 0 radical (unpaired) electrons. The number of hydrogen-bond acceptors (Lipinski definition) is 3. The highest BCUT2D eigenvalue weighted by Gasteiger charge is 2.24. The van der Waals surface area contributed by atoms with E-state index in [0.717, 1.165) is 11.4 Å². The van der Waals surface area contributed by atoms with Crippen LogP contribution in [-0.4, -0.2) is 40.7 Å². The van der Waals surface area contributed by atoms with Gasteiger partial charge < -0.3 is 10.6 Å². The maximum absolute atomic E-state index is 12.7. The van der Waals surface area contributed by atoms with Crippen molar-refractivity contribution < 1.29 is 4.79 Å². The zero-order chi connectivity index (χ0) is 17.2. The summed E-state index contributed by atoms with van der Waals surface area (Å²) in [7, 11) is 1.79. The zero-order valence-electron chi connectivity index (χ0n) is 14.0. The highest BCUT2D eigenvalue weighted by atomic mass is 35.5. The third-order valence-electron chi connectivity index (χ3n) is 3.86. The second-order valence-corrected chi connectivity index (χ2v) is 7.00. The molecule has 2 rings (SSSR count). The number of halogens is 1. The van der Waals surface area contributed by atoms with Gasteiger partial charge in [-0.2, -0.15) is 5.10 Å². The second-order valence-electron chi connectivity index (χ2n) is 6.56. The van der Waals surface area contributed by atoms with Crippen molar-refractivity contribution in [2.24, 2.45) is 11.1 Å². The summed E-state index contributed by atoms with van der Waals surface area (Å²) in [6.45, 7) is 7.07. The van der Waals surface area contributed by atoms with E-state index in [2.05, 4.69) is 5.10 Å². The van der Waals surface area contributed by atoms with Gasteiger partial charge in [-0.15, -0.1) is 0 Å². The minimum absolute atomic E-state index is 0.0581. The molecule has 0 aliphatic heterocycles. The molecule has 1 heterocycles. The van der Waals surface area contributed by atoms with Crippen LogP contribution in [0.25, 0.3) is 5.69 Å². The van der Waals surface area contributed by atoms with E-state index in [1.807, 2.05) is 39.0 Å². The summed E-state index contributed by atoms with van der Waals surface area (Å²) in [6, 6.07) is 7.38. The molecule has 0 bridgehead atoms. The molecule has 0 saturated heterocycles. The molecule has 1 amide bonds. The van der Waals surface area contributed by atoms with Crippen molar-refractivity contribution >= 4 is 17.5 Å². The number of rotatable bonds is 5. The molecule has 0 aliphatic carbocycles. The van der Waals surface area contributed by atoms with Crippen LogP contribution in [0.15, 0.2) is 30.5 Å². The number of nitrogens with zero attached hydrogens (tertiary/aromatic N) is 3. The molecule has 0 atom stereocenters. The molecule has 23 heavy (non-hydrogen) atoms. The van der Waals surface area contributed by atoms with Crippen molar-refractivity contribution in [1.29, 1.82) is 0 Å². The predicted octanol–water partition coefficient (Wildman–Crippen LogP) is 2.89. The number of benzene rings is 1. The first-order valence-electron chi connectivity index (χ1n) is 7.51. The minimum atomic E-state index is -0.124. The summed E-state index contributed by atoms with van der Waals surface area (Å²) in [6.07, 6.45) is 1.60. The number of nitrogens with two attached hydrogens (primary N) is 1. The summed E-state index contributed by atoms with van der Waals surface area (Å²) in [5.41, 5.74) is 7.83. The van der Waals surface area contributed by atoms with Gasteiger partial charge in [-0.3, -0.25) is 4.79 Å². The molecule has 0 aliphatic rings. The molecule has 2 N–H and O–H groups in total. The van der Waals surface area contributed by atoms with Gasteiger partial charge in [0.15, 0.2) is 0 Å². The monoisotopic (exact) mass is 334 g/mol. The molecule has 1 aromatic heterocycles. The van der Waals surface area contributed by atoms with Crippen molar-refractivity contribution in [2.75, 3.05) is 20.1 Å². The van der Waals surface area contributed by atoms with Crippen LogP contribution in [0.1, 0.15) is 29.9 Å². The van der Waals surface area contributed by atoms with Crippen molar-refractivity contribution in [1.82, 2.24) is 14.7 Å². The van der Waals surface area contributed by atoms with Gasteiger partial charge in [0.25, 0.3) is 5.91 Å². The number of hydrogen-bond donors (Lipinski definition) is 1. The normalized spacial score (nSPS) is 11.6. The lowest BCUT2D eigenvalue weighted by molar-refractivity contribution is 0.0740. The lowest BCUT2D eigenvalue weighted by atomic mass is 9.93. The largest absolute Gasteiger partial charge is 0.341 e. The molecule has 1 aromatic carbocycles. The molecule has 0 spiro atoms. The zero-order valence-corrected chi connectivity index (χ0v) is 14.8. The number of amides is 1. The van der Waals surface area contributed by atoms with Crippen LogP contribution in [0.3, 0.4) is 0 Å². The molecule has 0 saturated carbocycles. The highest BCUT2D eigenvalue weighted by Crippen LogP contribution is 2.20. The number of carbonyl (C=O) groups is 1. The van der Waals surface area contributed by atoms with E-state index in [9.17, 15) is 4.79 Å². The fraction of sp³-hybridized carbons (Fsp3) is 0.412. The van der Waals surface area contributed by atoms with Crippen LogP contribution in [-0.2, 0) is 0 Å². The summed E-state index contributed by atoms with van der Waals surface area (Å²) in [5.74, 6) is -0.0581. The molecular formula is C17H23ClN4O. The minimum Gasteiger partial charge on any atom is -0.341 e. The van der Waals surface area contributed by atoms with E-state index >= 15 is 0 Å². The van der Waals surface area contributed by atoms with E-state index in [0.29, 0.717) is 23.7 Å². The standard InChI is InChI=1S/C17H23ClN4O/c1-12-15(16(23)21(4)11-17(2,3)10-19)9-20-22(12)14-7-5-6-13(18)8-14/h5-9H,10-11,19H2,1-4H3. The Kier molecular flexibility index (Phi) is 5.12. The summed E-state index contributed by atoms with van der Waals surface area (Å²) < 4.78 is 1.72. The number of aromatic nitrogens is 2. The van der Waals surface area contributed by atoms with Crippen LogP contribution in [0.5, 0.6) is 0 Å². The van der Waals surface area contributed by atoms with E-state index in [1.54, 1.807) is 28.9 Å². The Morgan fingerprint density at radius 2 is 2.13 bits per heavy atom. The van der Waals surface area contributed by atoms with E-state index in [1.165, 1.54) is 0 Å². The van der Waals surface area contributed by atoms with E-state index in [4.69, 9.17) is 17.3 Å². The van der Waals surface area contributed by atoms with Gasteiger partial charge in [-0.1, -0.05) is 31.5 Å². The maximum atomic E-state index is 12.7. The van der Waals surface area contributed by atoms with Gasteiger partial charge in [0.2, 0.25) is 0 Å². The maximum Gasteiger partial charge on any atom is 0.257 e. The molecule has 0 unspecified atom stereocenters. The van der Waals surface area contributed by atoms with E-state index < -0.39 is 0 Å². The van der Waals surface area contributed by atoms with Gasteiger partial charge in [-0.25, -0.2) is 4.68 Å². The van der Waals surface area contributed by atoms with Crippen molar-refractivity contribution in [2.45, 2.75) is 20.8 Å². The smallest absolute Gasteiger partial charge is 0.257 e. The third-order valence-corrected chi connectivity index (χ3v) is 4.09. The Morgan fingerprint density at radius 1 is 1.43 bits per heavy atom. The third kappa shape index (κ3) is 3.92. The predicted molar refractivity (Wildman–Crippen MR) is 93.1 cm³/mol. The average Bonchev–Trinajstić information content (AvgIpc) is 2.87. The van der Waals surface area contributed by atoms with Gasteiger partial charge in [-0.05, 0) is 37.1 Å². The Labute approximate surface area is 142 Å². The molecule has 2 aromatic rings. The Morgan fingerprint density at radius 3 is 2.74 bits per heavy atom. The highest BCUT2D eigenvalue weighted by molar-refractivity contribution is 6.30. The van der Waals surface area contributed by atoms with Crippen LogP contribution in [0.4, 0.5) is 0 Å². The molecular weight excluding hydrogens is 312 g/mol.